The topological polar surface area (TPSA) is 126 Å². The number of unbranched alkanes of at least 4 members (excludes halogenated alkanes) is 1. The lowest BCUT2D eigenvalue weighted by atomic mass is 10.3. The highest BCUT2D eigenvalue weighted by Crippen LogP contribution is 2.16. The number of hydrogen-bond donors (Lipinski definition) is 3. The normalized spacial score (nSPS) is 11.0. The first-order valence-corrected chi connectivity index (χ1v) is 9.17. The van der Waals surface area contributed by atoms with Crippen molar-refractivity contribution in [2.45, 2.75) is 12.8 Å². The molecule has 24 heavy (non-hydrogen) atoms. The van der Waals surface area contributed by atoms with Gasteiger partial charge in [0, 0.05) is 12.7 Å². The molecule has 0 spiro atoms. The van der Waals surface area contributed by atoms with Gasteiger partial charge in [-0.2, -0.15) is 5.10 Å². The molecule has 2 amide bonds. The monoisotopic (exact) mass is 353 g/mol. The van der Waals surface area contributed by atoms with Gasteiger partial charge in [-0.05, 0) is 31.0 Å². The minimum absolute atomic E-state index is 0.363. The summed E-state index contributed by atoms with van der Waals surface area (Å²) in [6, 6.07) is 4.76. The summed E-state index contributed by atoms with van der Waals surface area (Å²) in [5, 5.41) is 9.15. The predicted molar refractivity (Wildman–Crippen MR) is 87.9 cm³/mol. The van der Waals surface area contributed by atoms with E-state index in [2.05, 4.69) is 20.5 Å². The Morgan fingerprint density at radius 1 is 1.29 bits per heavy atom. The van der Waals surface area contributed by atoms with Crippen LogP contribution < -0.4 is 14.8 Å². The number of amides is 2. The molecule has 0 aliphatic rings. The van der Waals surface area contributed by atoms with Crippen molar-refractivity contribution in [2.24, 2.45) is 0 Å². The molecule has 0 saturated carbocycles. The van der Waals surface area contributed by atoms with Gasteiger partial charge in [0.05, 0.1) is 30.4 Å². The standard InChI is InChI=1S/C14H19N5O4S/c1-24(21,22)19-14(20)15-7-2-3-9-23-11-4-5-12(16-10-11)13-6-8-17-18-13/h4-6,8,10H,2-3,7,9H2,1H3,(H,17,18)(H2,15,19,20). The molecule has 130 valence electrons. The minimum Gasteiger partial charge on any atom is -0.492 e. The van der Waals surface area contributed by atoms with Gasteiger partial charge in [0.15, 0.2) is 0 Å². The fraction of sp³-hybridized carbons (Fsp3) is 0.357. The fourth-order valence-electron chi connectivity index (χ4n) is 1.85. The van der Waals surface area contributed by atoms with Gasteiger partial charge in [0.1, 0.15) is 5.75 Å². The van der Waals surface area contributed by atoms with E-state index in [-0.39, 0.29) is 0 Å². The molecule has 0 saturated heterocycles. The Morgan fingerprint density at radius 2 is 2.12 bits per heavy atom. The molecule has 0 aromatic carbocycles. The first kappa shape index (κ1) is 17.7. The van der Waals surface area contributed by atoms with Crippen molar-refractivity contribution in [3.05, 3.63) is 30.6 Å². The van der Waals surface area contributed by atoms with Gasteiger partial charge in [-0.15, -0.1) is 0 Å². The zero-order valence-electron chi connectivity index (χ0n) is 13.2. The molecule has 0 bridgehead atoms. The van der Waals surface area contributed by atoms with Crippen LogP contribution in [0.5, 0.6) is 5.75 Å². The van der Waals surface area contributed by atoms with Gasteiger partial charge in [-0.25, -0.2) is 17.9 Å². The summed E-state index contributed by atoms with van der Waals surface area (Å²) < 4.78 is 29.0. The number of H-pyrrole nitrogens is 1. The van der Waals surface area contributed by atoms with Crippen LogP contribution in [0.4, 0.5) is 4.79 Å². The van der Waals surface area contributed by atoms with Crippen LogP contribution in [-0.2, 0) is 10.0 Å². The maximum atomic E-state index is 11.2. The number of nitrogens with one attached hydrogen (secondary N) is 3. The number of urea groups is 1. The molecular formula is C14H19N5O4S. The summed E-state index contributed by atoms with van der Waals surface area (Å²) in [5.74, 6) is 0.654. The maximum Gasteiger partial charge on any atom is 0.328 e. The van der Waals surface area contributed by atoms with E-state index < -0.39 is 16.1 Å². The molecule has 3 N–H and O–H groups in total. The van der Waals surface area contributed by atoms with Crippen LogP contribution in [0.2, 0.25) is 0 Å². The average Bonchev–Trinajstić information content (AvgIpc) is 3.04. The summed E-state index contributed by atoms with van der Waals surface area (Å²) in [6.45, 7) is 0.836. The van der Waals surface area contributed by atoms with Crippen LogP contribution in [-0.4, -0.2) is 49.0 Å². The number of aromatic nitrogens is 3. The third-order valence-corrected chi connectivity index (χ3v) is 3.47. The van der Waals surface area contributed by atoms with Crippen molar-refractivity contribution < 1.29 is 17.9 Å². The second-order valence-corrected chi connectivity index (χ2v) is 6.78. The number of carbonyl (C=O) groups excluding carboxylic acids is 1. The predicted octanol–water partition coefficient (Wildman–Crippen LogP) is 0.889. The van der Waals surface area contributed by atoms with E-state index in [0.717, 1.165) is 17.6 Å². The number of hydrogen-bond acceptors (Lipinski definition) is 6. The Balaban J connectivity index is 1.62. The van der Waals surface area contributed by atoms with Crippen LogP contribution in [0.1, 0.15) is 12.8 Å². The van der Waals surface area contributed by atoms with Gasteiger partial charge in [-0.1, -0.05) is 0 Å². The molecule has 0 unspecified atom stereocenters. The van der Waals surface area contributed by atoms with Crippen molar-refractivity contribution >= 4 is 16.1 Å². The molecule has 10 heteroatoms. The number of aromatic amines is 1. The van der Waals surface area contributed by atoms with Crippen molar-refractivity contribution in [1.82, 2.24) is 25.2 Å². The van der Waals surface area contributed by atoms with E-state index in [4.69, 9.17) is 4.74 Å². The molecule has 2 aromatic heterocycles. The number of sulfonamides is 1. The molecule has 0 aliphatic carbocycles. The largest absolute Gasteiger partial charge is 0.492 e. The summed E-state index contributed by atoms with van der Waals surface area (Å²) in [6.07, 6.45) is 5.59. The quantitative estimate of drug-likeness (QED) is 0.605. The zero-order chi connectivity index (χ0) is 17.4. The highest BCUT2D eigenvalue weighted by molar-refractivity contribution is 7.89. The van der Waals surface area contributed by atoms with Gasteiger partial charge in [-0.3, -0.25) is 10.1 Å². The zero-order valence-corrected chi connectivity index (χ0v) is 14.0. The number of nitrogens with zero attached hydrogens (tertiary/aromatic N) is 2. The van der Waals surface area contributed by atoms with Crippen LogP contribution in [0, 0.1) is 0 Å². The molecule has 2 heterocycles. The number of ether oxygens (including phenoxy) is 1. The maximum absolute atomic E-state index is 11.2. The molecule has 9 nitrogen and oxygen atoms in total. The van der Waals surface area contributed by atoms with E-state index in [1.807, 2.05) is 22.9 Å². The van der Waals surface area contributed by atoms with E-state index in [9.17, 15) is 13.2 Å². The Labute approximate surface area is 139 Å². The van der Waals surface area contributed by atoms with Crippen LogP contribution in [0.3, 0.4) is 0 Å². The third-order valence-electron chi connectivity index (χ3n) is 2.92. The fourth-order valence-corrected chi connectivity index (χ4v) is 2.26. The number of carbonyl (C=O) groups is 1. The Hall–Kier alpha value is -2.62. The summed E-state index contributed by atoms with van der Waals surface area (Å²) in [7, 11) is -3.53. The lowest BCUT2D eigenvalue weighted by molar-refractivity contribution is 0.245. The second kappa shape index (κ2) is 8.29. The Bertz CT molecular complexity index is 744. The first-order chi connectivity index (χ1) is 11.4. The van der Waals surface area contributed by atoms with Crippen LogP contribution in [0.15, 0.2) is 30.6 Å². The van der Waals surface area contributed by atoms with Gasteiger partial charge >= 0.3 is 6.03 Å². The molecule has 0 aliphatic heterocycles. The summed E-state index contributed by atoms with van der Waals surface area (Å²) >= 11 is 0. The summed E-state index contributed by atoms with van der Waals surface area (Å²) in [5.41, 5.74) is 1.61. The van der Waals surface area contributed by atoms with Gasteiger partial charge < -0.3 is 10.1 Å². The molecular weight excluding hydrogens is 334 g/mol. The molecule has 0 atom stereocenters. The molecule has 0 fully saturated rings. The lowest BCUT2D eigenvalue weighted by Gasteiger charge is -2.07. The Morgan fingerprint density at radius 3 is 2.75 bits per heavy atom. The van der Waals surface area contributed by atoms with E-state index in [1.54, 1.807) is 12.4 Å². The smallest absolute Gasteiger partial charge is 0.328 e. The summed E-state index contributed by atoms with van der Waals surface area (Å²) in [4.78, 5) is 15.5. The van der Waals surface area contributed by atoms with Gasteiger partial charge in [0.25, 0.3) is 0 Å². The van der Waals surface area contributed by atoms with Gasteiger partial charge in [0.2, 0.25) is 10.0 Å². The minimum atomic E-state index is -3.53. The third kappa shape index (κ3) is 6.24. The Kier molecular flexibility index (Phi) is 6.13. The molecule has 2 aromatic rings. The van der Waals surface area contributed by atoms with Crippen LogP contribution >= 0.6 is 0 Å². The molecule has 2 rings (SSSR count). The number of rotatable bonds is 8. The van der Waals surface area contributed by atoms with E-state index >= 15 is 0 Å². The highest BCUT2D eigenvalue weighted by Gasteiger charge is 2.06. The van der Waals surface area contributed by atoms with Crippen molar-refractivity contribution in [2.75, 3.05) is 19.4 Å². The number of pyridine rings is 1. The van der Waals surface area contributed by atoms with Crippen molar-refractivity contribution in [3.8, 4) is 17.1 Å². The van der Waals surface area contributed by atoms with E-state index in [1.165, 1.54) is 0 Å². The van der Waals surface area contributed by atoms with Crippen molar-refractivity contribution in [1.29, 1.82) is 0 Å². The SMILES string of the molecule is CS(=O)(=O)NC(=O)NCCCCOc1ccc(-c2ccn[nH]2)nc1. The lowest BCUT2D eigenvalue weighted by Crippen LogP contribution is -2.39. The first-order valence-electron chi connectivity index (χ1n) is 7.28. The van der Waals surface area contributed by atoms with Crippen molar-refractivity contribution in [3.63, 3.8) is 0 Å². The second-order valence-electron chi connectivity index (χ2n) is 5.04. The molecule has 0 radical (unpaired) electrons. The van der Waals surface area contributed by atoms with Crippen LogP contribution in [0.25, 0.3) is 11.4 Å². The average molecular weight is 353 g/mol. The van der Waals surface area contributed by atoms with E-state index in [0.29, 0.717) is 31.7 Å². The highest BCUT2D eigenvalue weighted by atomic mass is 32.2.